The molecule has 1 atom stereocenters. The van der Waals surface area contributed by atoms with E-state index in [9.17, 15) is 0 Å². The molecular weight excluding hydrogens is 292 g/mol. The summed E-state index contributed by atoms with van der Waals surface area (Å²) in [5.74, 6) is 0. The van der Waals surface area contributed by atoms with Gasteiger partial charge in [0.1, 0.15) is 0 Å². The topological polar surface area (TPSA) is 9.23 Å². The van der Waals surface area contributed by atoms with E-state index in [0.29, 0.717) is 6.10 Å². The number of hydrogen-bond donors (Lipinski definition) is 0. The Morgan fingerprint density at radius 2 is 1.71 bits per heavy atom. The quantitative estimate of drug-likeness (QED) is 0.492. The highest BCUT2D eigenvalue weighted by molar-refractivity contribution is 5.37. The first-order valence-corrected chi connectivity index (χ1v) is 8.85. The van der Waals surface area contributed by atoms with Crippen LogP contribution in [0.2, 0.25) is 0 Å². The monoisotopic (exact) mass is 326 g/mol. The van der Waals surface area contributed by atoms with Gasteiger partial charge in [0.25, 0.3) is 0 Å². The van der Waals surface area contributed by atoms with Gasteiger partial charge in [-0.05, 0) is 51.5 Å². The molecule has 0 aromatic heterocycles. The standard InChI is InChI=1S/C23H34O/c1-8-9-11-18(2)12-10-13-19(3)14-15-22-20(4)16-21(24-7)17-23(22,5)6/h8-15,21H,16-17H2,1-7H3/b9-8+,12-10+,15-14+,18-11+,19-13+. The fourth-order valence-electron chi connectivity index (χ4n) is 3.24. The molecule has 0 radical (unpaired) electrons. The SMILES string of the molecule is C/C=C/C=C(C)/C=C/C=C(C)/C=C/C1=C(C)CC(OC)CC1(C)C. The number of ether oxygens (including phenoxy) is 1. The number of rotatable bonds is 6. The molecule has 0 fully saturated rings. The van der Waals surface area contributed by atoms with Crippen molar-refractivity contribution < 1.29 is 4.74 Å². The maximum absolute atomic E-state index is 5.59. The Hall–Kier alpha value is -1.60. The number of hydrogen-bond acceptors (Lipinski definition) is 1. The molecule has 0 heterocycles. The average Bonchev–Trinajstić information content (AvgIpc) is 2.51. The summed E-state index contributed by atoms with van der Waals surface area (Å²) >= 11 is 0. The van der Waals surface area contributed by atoms with Gasteiger partial charge >= 0.3 is 0 Å². The molecule has 0 amide bonds. The Bertz CT molecular complexity index is 592. The molecule has 1 heteroatoms. The molecule has 24 heavy (non-hydrogen) atoms. The first kappa shape index (κ1) is 20.4. The summed E-state index contributed by atoms with van der Waals surface area (Å²) in [6.45, 7) is 13.2. The van der Waals surface area contributed by atoms with Gasteiger partial charge in [0, 0.05) is 7.11 Å². The van der Waals surface area contributed by atoms with Crippen LogP contribution in [0.15, 0.2) is 70.9 Å². The maximum atomic E-state index is 5.59. The zero-order valence-electron chi connectivity index (χ0n) is 16.5. The van der Waals surface area contributed by atoms with Gasteiger partial charge in [-0.3, -0.25) is 0 Å². The van der Waals surface area contributed by atoms with Crippen LogP contribution in [-0.2, 0) is 4.74 Å². The minimum atomic E-state index is 0.168. The van der Waals surface area contributed by atoms with Crippen molar-refractivity contribution in [1.29, 1.82) is 0 Å². The Kier molecular flexibility index (Phi) is 8.21. The fraction of sp³-hybridized carbons (Fsp3) is 0.478. The van der Waals surface area contributed by atoms with E-state index in [2.05, 4.69) is 77.2 Å². The molecular formula is C23H34O. The average molecular weight is 327 g/mol. The van der Waals surface area contributed by atoms with Crippen LogP contribution in [0.1, 0.15) is 54.4 Å². The molecule has 0 bridgehead atoms. The lowest BCUT2D eigenvalue weighted by molar-refractivity contribution is 0.0627. The summed E-state index contributed by atoms with van der Waals surface area (Å²) in [5.41, 5.74) is 5.58. The van der Waals surface area contributed by atoms with Crippen LogP contribution in [0.4, 0.5) is 0 Å². The van der Waals surface area contributed by atoms with Crippen molar-refractivity contribution in [3.8, 4) is 0 Å². The van der Waals surface area contributed by atoms with E-state index in [1.54, 1.807) is 0 Å². The Morgan fingerprint density at radius 1 is 1.08 bits per heavy atom. The first-order chi connectivity index (χ1) is 11.3. The first-order valence-electron chi connectivity index (χ1n) is 8.85. The van der Waals surface area contributed by atoms with Gasteiger partial charge in [-0.1, -0.05) is 79.2 Å². The molecule has 1 aliphatic rings. The Morgan fingerprint density at radius 3 is 2.29 bits per heavy atom. The second kappa shape index (κ2) is 9.64. The second-order valence-electron chi connectivity index (χ2n) is 7.38. The zero-order valence-corrected chi connectivity index (χ0v) is 16.5. The molecule has 1 rings (SSSR count). The molecule has 1 unspecified atom stereocenters. The van der Waals surface area contributed by atoms with Crippen LogP contribution in [0.25, 0.3) is 0 Å². The van der Waals surface area contributed by atoms with Gasteiger partial charge in [0.2, 0.25) is 0 Å². The van der Waals surface area contributed by atoms with Crippen LogP contribution in [0.3, 0.4) is 0 Å². The summed E-state index contributed by atoms with van der Waals surface area (Å²) in [6, 6.07) is 0. The van der Waals surface area contributed by atoms with Crippen molar-refractivity contribution >= 4 is 0 Å². The van der Waals surface area contributed by atoms with Gasteiger partial charge < -0.3 is 4.74 Å². The van der Waals surface area contributed by atoms with Crippen molar-refractivity contribution in [3.05, 3.63) is 70.9 Å². The lowest BCUT2D eigenvalue weighted by Gasteiger charge is -2.37. The molecule has 0 aromatic carbocycles. The Labute approximate surface area is 149 Å². The van der Waals surface area contributed by atoms with Gasteiger partial charge in [-0.15, -0.1) is 0 Å². The predicted octanol–water partition coefficient (Wildman–Crippen LogP) is 6.72. The van der Waals surface area contributed by atoms with E-state index < -0.39 is 0 Å². The van der Waals surface area contributed by atoms with Crippen LogP contribution < -0.4 is 0 Å². The van der Waals surface area contributed by atoms with Crippen LogP contribution in [0.5, 0.6) is 0 Å². The van der Waals surface area contributed by atoms with Crippen molar-refractivity contribution in [2.45, 2.75) is 60.5 Å². The molecule has 1 aliphatic carbocycles. The van der Waals surface area contributed by atoms with E-state index in [1.807, 2.05) is 20.1 Å². The predicted molar refractivity (Wildman–Crippen MR) is 107 cm³/mol. The summed E-state index contributed by atoms with van der Waals surface area (Å²) in [5, 5.41) is 0. The van der Waals surface area contributed by atoms with E-state index in [1.165, 1.54) is 22.3 Å². The summed E-state index contributed by atoms with van der Waals surface area (Å²) < 4.78 is 5.59. The highest BCUT2D eigenvalue weighted by Crippen LogP contribution is 2.41. The van der Waals surface area contributed by atoms with Crippen molar-refractivity contribution in [2.24, 2.45) is 5.41 Å². The van der Waals surface area contributed by atoms with E-state index in [-0.39, 0.29) is 5.41 Å². The van der Waals surface area contributed by atoms with Crippen LogP contribution in [0, 0.1) is 5.41 Å². The summed E-state index contributed by atoms with van der Waals surface area (Å²) in [6.07, 6.45) is 19.6. The van der Waals surface area contributed by atoms with Crippen molar-refractivity contribution in [1.82, 2.24) is 0 Å². The Balaban J connectivity index is 2.83. The minimum Gasteiger partial charge on any atom is -0.381 e. The third kappa shape index (κ3) is 6.49. The molecule has 0 aromatic rings. The van der Waals surface area contributed by atoms with E-state index in [0.717, 1.165) is 12.8 Å². The molecule has 0 saturated heterocycles. The molecule has 1 nitrogen and oxygen atoms in total. The fourth-order valence-corrected chi connectivity index (χ4v) is 3.24. The smallest absolute Gasteiger partial charge is 0.0616 e. The second-order valence-corrected chi connectivity index (χ2v) is 7.38. The number of allylic oxidation sites excluding steroid dienone is 11. The molecule has 0 aliphatic heterocycles. The van der Waals surface area contributed by atoms with Crippen molar-refractivity contribution in [2.75, 3.05) is 7.11 Å². The third-order valence-electron chi connectivity index (χ3n) is 4.58. The van der Waals surface area contributed by atoms with Gasteiger partial charge in [-0.25, -0.2) is 0 Å². The van der Waals surface area contributed by atoms with Gasteiger partial charge in [-0.2, -0.15) is 0 Å². The lowest BCUT2D eigenvalue weighted by Crippen LogP contribution is -2.29. The summed E-state index contributed by atoms with van der Waals surface area (Å²) in [7, 11) is 1.82. The molecule has 0 spiro atoms. The van der Waals surface area contributed by atoms with Crippen LogP contribution >= 0.6 is 0 Å². The minimum absolute atomic E-state index is 0.168. The van der Waals surface area contributed by atoms with Crippen LogP contribution in [-0.4, -0.2) is 13.2 Å². The van der Waals surface area contributed by atoms with Crippen molar-refractivity contribution in [3.63, 3.8) is 0 Å². The molecule has 0 saturated carbocycles. The largest absolute Gasteiger partial charge is 0.381 e. The normalized spacial score (nSPS) is 23.2. The van der Waals surface area contributed by atoms with Gasteiger partial charge in [0.15, 0.2) is 0 Å². The highest BCUT2D eigenvalue weighted by Gasteiger charge is 2.32. The summed E-state index contributed by atoms with van der Waals surface area (Å²) in [4.78, 5) is 0. The third-order valence-corrected chi connectivity index (χ3v) is 4.58. The van der Waals surface area contributed by atoms with E-state index in [4.69, 9.17) is 4.74 Å². The highest BCUT2D eigenvalue weighted by atomic mass is 16.5. The van der Waals surface area contributed by atoms with Gasteiger partial charge in [0.05, 0.1) is 6.10 Å². The maximum Gasteiger partial charge on any atom is 0.0616 e. The lowest BCUT2D eigenvalue weighted by atomic mass is 9.71. The van der Waals surface area contributed by atoms with E-state index >= 15 is 0 Å². The molecule has 132 valence electrons. The zero-order chi connectivity index (χ0) is 18.2. The number of methoxy groups -OCH3 is 1. The molecule has 0 N–H and O–H groups in total.